The molecule has 0 heterocycles. The topological polar surface area (TPSA) is 46.5 Å². The molecule has 82 valence electrons. The fraction of sp³-hybridized carbons (Fsp3) is 0.909. The number of rotatable bonds is 2. The van der Waals surface area contributed by atoms with E-state index in [9.17, 15) is 9.90 Å². The lowest BCUT2D eigenvalue weighted by molar-refractivity contribution is -0.155. The monoisotopic (exact) mass is 200 g/mol. The van der Waals surface area contributed by atoms with Crippen molar-refractivity contribution in [3.8, 4) is 0 Å². The number of aliphatic hydroxyl groups is 1. The van der Waals surface area contributed by atoms with Gasteiger partial charge in [0.25, 0.3) is 0 Å². The van der Waals surface area contributed by atoms with E-state index in [1.807, 2.05) is 0 Å². The van der Waals surface area contributed by atoms with Crippen LogP contribution in [0.1, 0.15) is 45.4 Å². The Morgan fingerprint density at radius 3 is 2.21 bits per heavy atom. The summed E-state index contributed by atoms with van der Waals surface area (Å²) in [5.41, 5.74) is -0.830. The van der Waals surface area contributed by atoms with Gasteiger partial charge in [0.2, 0.25) is 0 Å². The fourth-order valence-electron chi connectivity index (χ4n) is 2.17. The minimum absolute atomic E-state index is 0.297. The van der Waals surface area contributed by atoms with Crippen molar-refractivity contribution in [2.45, 2.75) is 51.0 Å². The van der Waals surface area contributed by atoms with Gasteiger partial charge in [-0.15, -0.1) is 0 Å². The van der Waals surface area contributed by atoms with E-state index in [0.29, 0.717) is 0 Å². The van der Waals surface area contributed by atoms with Gasteiger partial charge in [-0.3, -0.25) is 4.79 Å². The number of ether oxygens (including phenoxy) is 1. The molecule has 1 aliphatic rings. The molecule has 0 aliphatic heterocycles. The first kappa shape index (κ1) is 11.5. The second-order valence-electron chi connectivity index (χ2n) is 4.26. The molecule has 0 spiro atoms. The van der Waals surface area contributed by atoms with Crippen molar-refractivity contribution in [2.75, 3.05) is 7.11 Å². The lowest BCUT2D eigenvalue weighted by atomic mass is 9.82. The van der Waals surface area contributed by atoms with Gasteiger partial charge in [-0.2, -0.15) is 0 Å². The summed E-state index contributed by atoms with van der Waals surface area (Å²) in [5.74, 6) is -0.694. The summed E-state index contributed by atoms with van der Waals surface area (Å²) < 4.78 is 4.67. The van der Waals surface area contributed by atoms with Crippen LogP contribution in [0.3, 0.4) is 0 Å². The summed E-state index contributed by atoms with van der Waals surface area (Å²) in [5, 5.41) is 10.3. The predicted octanol–water partition coefficient (Wildman–Crippen LogP) is 1.88. The van der Waals surface area contributed by atoms with Crippen LogP contribution in [0.15, 0.2) is 0 Å². The van der Waals surface area contributed by atoms with Crippen LogP contribution in [0.5, 0.6) is 0 Å². The highest BCUT2D eigenvalue weighted by Gasteiger charge is 2.38. The maximum Gasteiger partial charge on any atom is 0.311 e. The van der Waals surface area contributed by atoms with Gasteiger partial charge in [0.05, 0.1) is 18.6 Å². The number of hydrogen-bond donors (Lipinski definition) is 1. The molecule has 1 unspecified atom stereocenters. The van der Waals surface area contributed by atoms with Gasteiger partial charge in [-0.25, -0.2) is 0 Å². The molecule has 1 saturated carbocycles. The van der Waals surface area contributed by atoms with Crippen LogP contribution in [-0.2, 0) is 9.53 Å². The van der Waals surface area contributed by atoms with Crippen LogP contribution in [0.25, 0.3) is 0 Å². The summed E-state index contributed by atoms with van der Waals surface area (Å²) in [4.78, 5) is 11.3. The largest absolute Gasteiger partial charge is 0.469 e. The van der Waals surface area contributed by atoms with Crippen molar-refractivity contribution in [3.63, 3.8) is 0 Å². The molecular weight excluding hydrogens is 180 g/mol. The predicted molar refractivity (Wildman–Crippen MR) is 53.8 cm³/mol. The van der Waals surface area contributed by atoms with Crippen LogP contribution >= 0.6 is 0 Å². The Labute approximate surface area is 85.5 Å². The molecule has 0 aromatic rings. The van der Waals surface area contributed by atoms with Crippen LogP contribution < -0.4 is 0 Å². The van der Waals surface area contributed by atoms with Crippen molar-refractivity contribution >= 4 is 5.97 Å². The highest BCUT2D eigenvalue weighted by atomic mass is 16.5. The van der Waals surface area contributed by atoms with Crippen LogP contribution in [0.2, 0.25) is 0 Å². The third kappa shape index (κ3) is 2.47. The molecule has 3 nitrogen and oxygen atoms in total. The van der Waals surface area contributed by atoms with E-state index in [1.165, 1.54) is 7.11 Å². The minimum Gasteiger partial charge on any atom is -0.469 e. The van der Waals surface area contributed by atoms with Gasteiger partial charge in [0.15, 0.2) is 0 Å². The van der Waals surface area contributed by atoms with E-state index >= 15 is 0 Å². The standard InChI is InChI=1S/C11H20O3/c1-9(10(12)14-2)11(13)7-5-3-4-6-8-11/h9,13H,3-8H2,1-2H3. The third-order valence-corrected chi connectivity index (χ3v) is 3.33. The lowest BCUT2D eigenvalue weighted by Crippen LogP contribution is -2.40. The molecule has 1 aliphatic carbocycles. The Morgan fingerprint density at radius 1 is 1.29 bits per heavy atom. The number of carbonyl (C=O) groups is 1. The van der Waals surface area contributed by atoms with Crippen LogP contribution in [0.4, 0.5) is 0 Å². The second kappa shape index (κ2) is 4.78. The Hall–Kier alpha value is -0.570. The van der Waals surface area contributed by atoms with E-state index in [2.05, 4.69) is 4.74 Å². The maximum atomic E-state index is 11.3. The second-order valence-corrected chi connectivity index (χ2v) is 4.26. The van der Waals surface area contributed by atoms with E-state index in [4.69, 9.17) is 0 Å². The van der Waals surface area contributed by atoms with E-state index in [-0.39, 0.29) is 5.97 Å². The van der Waals surface area contributed by atoms with Gasteiger partial charge in [0.1, 0.15) is 0 Å². The molecule has 0 radical (unpaired) electrons. The van der Waals surface area contributed by atoms with Gasteiger partial charge in [0, 0.05) is 0 Å². The van der Waals surface area contributed by atoms with Crippen molar-refractivity contribution in [3.05, 3.63) is 0 Å². The third-order valence-electron chi connectivity index (χ3n) is 3.33. The van der Waals surface area contributed by atoms with Crippen LogP contribution in [0, 0.1) is 5.92 Å². The zero-order valence-electron chi connectivity index (χ0n) is 9.08. The zero-order chi connectivity index (χ0) is 10.6. The summed E-state index contributed by atoms with van der Waals surface area (Å²) in [6, 6.07) is 0. The van der Waals surface area contributed by atoms with Gasteiger partial charge >= 0.3 is 5.97 Å². The first-order valence-corrected chi connectivity index (χ1v) is 5.40. The Morgan fingerprint density at radius 2 is 1.79 bits per heavy atom. The van der Waals surface area contributed by atoms with Crippen molar-refractivity contribution < 1.29 is 14.6 Å². The normalized spacial score (nSPS) is 23.6. The molecular formula is C11H20O3. The lowest BCUT2D eigenvalue weighted by Gasteiger charge is -2.31. The SMILES string of the molecule is COC(=O)C(C)C1(O)CCCCCC1. The smallest absolute Gasteiger partial charge is 0.311 e. The quantitative estimate of drug-likeness (QED) is 0.547. The Kier molecular flexibility index (Phi) is 3.93. The van der Waals surface area contributed by atoms with Crippen molar-refractivity contribution in [1.29, 1.82) is 0 Å². The average molecular weight is 200 g/mol. The summed E-state index contributed by atoms with van der Waals surface area (Å²) in [6.07, 6.45) is 5.80. The molecule has 0 bridgehead atoms. The van der Waals surface area contributed by atoms with E-state index < -0.39 is 11.5 Å². The number of methoxy groups -OCH3 is 1. The Bertz CT molecular complexity index is 193. The van der Waals surface area contributed by atoms with Gasteiger partial charge in [-0.05, 0) is 19.8 Å². The Balaban J connectivity index is 2.65. The molecule has 1 fully saturated rings. The number of hydrogen-bond acceptors (Lipinski definition) is 3. The first-order valence-electron chi connectivity index (χ1n) is 5.40. The summed E-state index contributed by atoms with van der Waals surface area (Å²) >= 11 is 0. The van der Waals surface area contributed by atoms with E-state index in [0.717, 1.165) is 38.5 Å². The first-order chi connectivity index (χ1) is 6.60. The molecule has 0 amide bonds. The molecule has 14 heavy (non-hydrogen) atoms. The van der Waals surface area contributed by atoms with Crippen molar-refractivity contribution in [2.24, 2.45) is 5.92 Å². The van der Waals surface area contributed by atoms with Crippen molar-refractivity contribution in [1.82, 2.24) is 0 Å². The fourth-order valence-corrected chi connectivity index (χ4v) is 2.17. The van der Waals surface area contributed by atoms with Gasteiger partial charge < -0.3 is 9.84 Å². The molecule has 0 aromatic carbocycles. The van der Waals surface area contributed by atoms with Crippen LogP contribution in [-0.4, -0.2) is 23.8 Å². The molecule has 1 atom stereocenters. The molecule has 0 aromatic heterocycles. The minimum atomic E-state index is -0.830. The summed E-state index contributed by atoms with van der Waals surface area (Å²) in [7, 11) is 1.37. The summed E-state index contributed by atoms with van der Waals surface area (Å²) in [6.45, 7) is 1.76. The molecule has 1 rings (SSSR count). The molecule has 0 saturated heterocycles. The zero-order valence-corrected chi connectivity index (χ0v) is 9.08. The molecule has 3 heteroatoms. The average Bonchev–Trinajstić information content (AvgIpc) is 2.41. The molecule has 1 N–H and O–H groups in total. The maximum absolute atomic E-state index is 11.3. The van der Waals surface area contributed by atoms with E-state index in [1.54, 1.807) is 6.92 Å². The highest BCUT2D eigenvalue weighted by Crippen LogP contribution is 2.33. The number of carbonyl (C=O) groups excluding carboxylic acids is 1. The number of esters is 1. The van der Waals surface area contributed by atoms with Gasteiger partial charge in [-0.1, -0.05) is 25.7 Å². The highest BCUT2D eigenvalue weighted by molar-refractivity contribution is 5.73.